The Balaban J connectivity index is 2.80. The molecule has 0 aliphatic heterocycles. The molecule has 7 nitrogen and oxygen atoms in total. The van der Waals surface area contributed by atoms with Crippen molar-refractivity contribution in [2.24, 2.45) is 11.8 Å². The van der Waals surface area contributed by atoms with E-state index >= 15 is 0 Å². The SMILES string of the molecule is CC(C)[C@H](NC(=O)c1c(F)cccc1F)C(=O)OCC(=O)N[C@@](C)(C#N)C(C)C. The largest absolute Gasteiger partial charge is 0.454 e. The fraction of sp³-hybridized carbons (Fsp3) is 0.500. The van der Waals surface area contributed by atoms with E-state index in [1.54, 1.807) is 27.7 Å². The minimum absolute atomic E-state index is 0.189. The predicted octanol–water partition coefficient (Wildman–Crippen LogP) is 2.32. The molecule has 1 aromatic rings. The molecule has 0 aliphatic carbocycles. The smallest absolute Gasteiger partial charge is 0.329 e. The Bertz CT molecular complexity index is 800. The van der Waals surface area contributed by atoms with E-state index < -0.39 is 59.1 Å². The summed E-state index contributed by atoms with van der Waals surface area (Å²) in [4.78, 5) is 36.6. The van der Waals surface area contributed by atoms with Gasteiger partial charge in [0.1, 0.15) is 28.8 Å². The maximum absolute atomic E-state index is 13.8. The van der Waals surface area contributed by atoms with Gasteiger partial charge in [-0.3, -0.25) is 9.59 Å². The monoisotopic (exact) mass is 409 g/mol. The number of amides is 2. The lowest BCUT2D eigenvalue weighted by atomic mass is 9.90. The Labute approximate surface area is 168 Å². The molecule has 9 heteroatoms. The van der Waals surface area contributed by atoms with Gasteiger partial charge in [-0.15, -0.1) is 0 Å². The highest BCUT2D eigenvalue weighted by Crippen LogP contribution is 2.15. The van der Waals surface area contributed by atoms with Crippen molar-refractivity contribution in [3.05, 3.63) is 35.4 Å². The van der Waals surface area contributed by atoms with Crippen LogP contribution in [-0.4, -0.2) is 36.0 Å². The van der Waals surface area contributed by atoms with E-state index in [1.165, 1.54) is 6.92 Å². The number of esters is 1. The zero-order chi connectivity index (χ0) is 22.4. The minimum Gasteiger partial charge on any atom is -0.454 e. The molecule has 2 amide bonds. The van der Waals surface area contributed by atoms with Crippen molar-refractivity contribution in [2.75, 3.05) is 6.61 Å². The van der Waals surface area contributed by atoms with Crippen molar-refractivity contribution in [3.63, 3.8) is 0 Å². The highest BCUT2D eigenvalue weighted by atomic mass is 19.1. The molecule has 0 saturated carbocycles. The maximum Gasteiger partial charge on any atom is 0.329 e. The second-order valence-electron chi connectivity index (χ2n) is 7.42. The third kappa shape index (κ3) is 6.24. The summed E-state index contributed by atoms with van der Waals surface area (Å²) in [5.74, 6) is -5.55. The molecule has 0 unspecified atom stereocenters. The minimum atomic E-state index is -1.23. The molecule has 158 valence electrons. The number of carbonyl (C=O) groups excluding carboxylic acids is 3. The molecule has 0 heterocycles. The van der Waals surface area contributed by atoms with Gasteiger partial charge in [0.25, 0.3) is 11.8 Å². The zero-order valence-corrected chi connectivity index (χ0v) is 17.0. The van der Waals surface area contributed by atoms with E-state index in [9.17, 15) is 28.4 Å². The number of halogens is 2. The van der Waals surface area contributed by atoms with Gasteiger partial charge in [-0.1, -0.05) is 33.8 Å². The third-order valence-corrected chi connectivity index (χ3v) is 4.53. The molecule has 2 atom stereocenters. The van der Waals surface area contributed by atoms with Gasteiger partial charge in [0.05, 0.1) is 6.07 Å². The van der Waals surface area contributed by atoms with Gasteiger partial charge in [0, 0.05) is 0 Å². The van der Waals surface area contributed by atoms with Crippen LogP contribution in [0.15, 0.2) is 18.2 Å². The van der Waals surface area contributed by atoms with Crippen molar-refractivity contribution in [3.8, 4) is 6.07 Å². The van der Waals surface area contributed by atoms with E-state index in [0.717, 1.165) is 18.2 Å². The molecular weight excluding hydrogens is 384 g/mol. The molecule has 0 radical (unpaired) electrons. The van der Waals surface area contributed by atoms with Crippen LogP contribution in [-0.2, 0) is 14.3 Å². The summed E-state index contributed by atoms with van der Waals surface area (Å²) >= 11 is 0. The van der Waals surface area contributed by atoms with Crippen molar-refractivity contribution < 1.29 is 27.9 Å². The molecule has 0 aliphatic rings. The van der Waals surface area contributed by atoms with Gasteiger partial charge in [0.15, 0.2) is 6.61 Å². The molecule has 0 spiro atoms. The Kier molecular flexibility index (Phi) is 8.25. The van der Waals surface area contributed by atoms with Crippen molar-refractivity contribution >= 4 is 17.8 Å². The van der Waals surface area contributed by atoms with Crippen LogP contribution in [0.25, 0.3) is 0 Å². The van der Waals surface area contributed by atoms with E-state index in [0.29, 0.717) is 0 Å². The first-order chi connectivity index (χ1) is 13.4. The standard InChI is InChI=1S/C20H25F2N3O4/c1-11(2)17(24-18(27)16-13(21)7-6-8-14(16)22)19(28)29-9-15(26)25-20(5,10-23)12(3)4/h6-8,11-12,17H,9H2,1-5H3,(H,24,27)(H,25,26)/t17-,20-/m0/s1. The van der Waals surface area contributed by atoms with Crippen LogP contribution >= 0.6 is 0 Å². The first-order valence-corrected chi connectivity index (χ1v) is 9.06. The van der Waals surface area contributed by atoms with Crippen LogP contribution < -0.4 is 10.6 Å². The lowest BCUT2D eigenvalue weighted by molar-refractivity contribution is -0.151. The van der Waals surface area contributed by atoms with E-state index in [4.69, 9.17) is 4.74 Å². The first-order valence-electron chi connectivity index (χ1n) is 9.06. The van der Waals surface area contributed by atoms with Crippen LogP contribution in [0.3, 0.4) is 0 Å². The third-order valence-electron chi connectivity index (χ3n) is 4.53. The van der Waals surface area contributed by atoms with Crippen LogP contribution in [0.5, 0.6) is 0 Å². The Morgan fingerprint density at radius 2 is 1.72 bits per heavy atom. The summed E-state index contributed by atoms with van der Waals surface area (Å²) in [6, 6.07) is 3.71. The van der Waals surface area contributed by atoms with Gasteiger partial charge in [-0.2, -0.15) is 5.26 Å². The molecule has 0 bridgehead atoms. The second-order valence-corrected chi connectivity index (χ2v) is 7.42. The average Bonchev–Trinajstić information content (AvgIpc) is 2.63. The number of rotatable bonds is 8. The number of hydrogen-bond acceptors (Lipinski definition) is 5. The number of nitrogens with one attached hydrogen (secondary N) is 2. The normalized spacial score (nSPS) is 13.9. The number of carbonyl (C=O) groups is 3. The summed E-state index contributed by atoms with van der Waals surface area (Å²) in [5, 5.41) is 13.9. The quantitative estimate of drug-likeness (QED) is 0.641. The summed E-state index contributed by atoms with van der Waals surface area (Å²) in [6.45, 7) is 7.56. The maximum atomic E-state index is 13.8. The average molecular weight is 409 g/mol. The van der Waals surface area contributed by atoms with Gasteiger partial charge in [-0.05, 0) is 30.9 Å². The molecule has 0 aromatic heterocycles. The van der Waals surface area contributed by atoms with E-state index in [-0.39, 0.29) is 5.92 Å². The van der Waals surface area contributed by atoms with Crippen molar-refractivity contribution in [2.45, 2.75) is 46.2 Å². The fourth-order valence-electron chi connectivity index (χ4n) is 2.28. The highest BCUT2D eigenvalue weighted by molar-refractivity contribution is 5.97. The van der Waals surface area contributed by atoms with Crippen LogP contribution in [0.2, 0.25) is 0 Å². The Morgan fingerprint density at radius 1 is 1.17 bits per heavy atom. The highest BCUT2D eigenvalue weighted by Gasteiger charge is 2.32. The molecule has 1 aromatic carbocycles. The number of benzene rings is 1. The fourth-order valence-corrected chi connectivity index (χ4v) is 2.28. The molecule has 0 fully saturated rings. The van der Waals surface area contributed by atoms with Crippen LogP contribution in [0.1, 0.15) is 45.0 Å². The summed E-state index contributed by atoms with van der Waals surface area (Å²) in [7, 11) is 0. The first kappa shape index (κ1) is 24.0. The van der Waals surface area contributed by atoms with Crippen LogP contribution in [0, 0.1) is 34.8 Å². The summed E-state index contributed by atoms with van der Waals surface area (Å²) in [5.41, 5.74) is -1.96. The van der Waals surface area contributed by atoms with E-state index in [1.807, 2.05) is 6.07 Å². The number of ether oxygens (including phenoxy) is 1. The molecule has 2 N–H and O–H groups in total. The Morgan fingerprint density at radius 3 is 2.17 bits per heavy atom. The second kappa shape index (κ2) is 9.96. The van der Waals surface area contributed by atoms with Gasteiger partial charge >= 0.3 is 5.97 Å². The lowest BCUT2D eigenvalue weighted by Gasteiger charge is -2.27. The summed E-state index contributed by atoms with van der Waals surface area (Å²) < 4.78 is 32.5. The van der Waals surface area contributed by atoms with Crippen molar-refractivity contribution in [1.82, 2.24) is 10.6 Å². The number of hydrogen-bond donors (Lipinski definition) is 2. The number of nitriles is 1. The lowest BCUT2D eigenvalue weighted by Crippen LogP contribution is -2.51. The molecular formula is C20H25F2N3O4. The van der Waals surface area contributed by atoms with Crippen LogP contribution in [0.4, 0.5) is 8.78 Å². The Hall–Kier alpha value is -3.02. The van der Waals surface area contributed by atoms with Gasteiger partial charge in [0.2, 0.25) is 0 Å². The van der Waals surface area contributed by atoms with Crippen molar-refractivity contribution in [1.29, 1.82) is 5.26 Å². The predicted molar refractivity (Wildman–Crippen MR) is 100 cm³/mol. The molecule has 0 saturated heterocycles. The molecule has 29 heavy (non-hydrogen) atoms. The molecule has 1 rings (SSSR count). The van der Waals surface area contributed by atoms with Gasteiger partial charge in [-0.25, -0.2) is 13.6 Å². The zero-order valence-electron chi connectivity index (χ0n) is 17.0. The number of nitrogens with zero attached hydrogens (tertiary/aromatic N) is 1. The van der Waals surface area contributed by atoms with Gasteiger partial charge < -0.3 is 15.4 Å². The topological polar surface area (TPSA) is 108 Å². The van der Waals surface area contributed by atoms with E-state index in [2.05, 4.69) is 10.6 Å². The summed E-state index contributed by atoms with van der Waals surface area (Å²) in [6.07, 6.45) is 0.